The molecule has 3 aromatic rings. The molecule has 0 bridgehead atoms. The number of aromatic nitrogens is 1. The van der Waals surface area contributed by atoms with Crippen LogP contribution in [0.3, 0.4) is 0 Å². The molecule has 2 heterocycles. The topological polar surface area (TPSA) is 80.3 Å². The quantitative estimate of drug-likeness (QED) is 0.522. The van der Waals surface area contributed by atoms with Crippen LogP contribution in [0, 0.1) is 0 Å². The highest BCUT2D eigenvalue weighted by Crippen LogP contribution is 2.34. The number of carbonyl (C=O) groups is 2. The summed E-state index contributed by atoms with van der Waals surface area (Å²) in [5.41, 5.74) is 1.83. The van der Waals surface area contributed by atoms with Gasteiger partial charge in [0.2, 0.25) is 11.8 Å². The van der Waals surface area contributed by atoms with E-state index in [9.17, 15) is 9.59 Å². The molecule has 1 aliphatic heterocycles. The number of amides is 2. The highest BCUT2D eigenvalue weighted by Gasteiger charge is 2.38. The predicted molar refractivity (Wildman–Crippen MR) is 129 cm³/mol. The monoisotopic (exact) mass is 445 g/mol. The van der Waals surface area contributed by atoms with Gasteiger partial charge in [0.05, 0.1) is 7.11 Å². The Hall–Kier alpha value is -3.41. The van der Waals surface area contributed by atoms with Crippen LogP contribution in [0.1, 0.15) is 43.7 Å². The van der Waals surface area contributed by atoms with Crippen LogP contribution in [0.4, 0.5) is 0 Å². The van der Waals surface area contributed by atoms with E-state index < -0.39 is 5.54 Å². The minimum Gasteiger partial charge on any atom is -0.496 e. The summed E-state index contributed by atoms with van der Waals surface area (Å²) in [5.74, 6) is 0.894. The number of carbonyl (C=O) groups excluding carboxylic acids is 2. The summed E-state index contributed by atoms with van der Waals surface area (Å²) in [6.07, 6.45) is 7.17. The van der Waals surface area contributed by atoms with E-state index in [1.165, 1.54) is 0 Å². The van der Waals surface area contributed by atoms with Crippen molar-refractivity contribution in [2.24, 2.45) is 0 Å². The molecule has 1 aromatic heterocycles. The van der Waals surface area contributed by atoms with E-state index in [0.29, 0.717) is 25.7 Å². The van der Waals surface area contributed by atoms with Crippen molar-refractivity contribution in [3.63, 3.8) is 0 Å². The molecule has 2 aromatic carbocycles. The van der Waals surface area contributed by atoms with E-state index in [1.54, 1.807) is 13.3 Å². The molecule has 2 atom stereocenters. The highest BCUT2D eigenvalue weighted by molar-refractivity contribution is 5.91. The van der Waals surface area contributed by atoms with Gasteiger partial charge in [0.25, 0.3) is 0 Å². The van der Waals surface area contributed by atoms with Gasteiger partial charge in [0.15, 0.2) is 0 Å². The number of methoxy groups -OCH3 is 1. The zero-order valence-corrected chi connectivity index (χ0v) is 19.3. The second kappa shape index (κ2) is 10.0. The second-order valence-corrected chi connectivity index (χ2v) is 9.01. The van der Waals surface area contributed by atoms with Crippen molar-refractivity contribution >= 4 is 22.6 Å². The fourth-order valence-electron chi connectivity index (χ4n) is 4.84. The van der Waals surface area contributed by atoms with Crippen LogP contribution in [-0.2, 0) is 22.4 Å². The lowest BCUT2D eigenvalue weighted by Crippen LogP contribution is -2.45. The molecule has 0 spiro atoms. The van der Waals surface area contributed by atoms with Gasteiger partial charge in [-0.15, -0.1) is 0 Å². The van der Waals surface area contributed by atoms with E-state index in [-0.39, 0.29) is 17.9 Å². The zero-order chi connectivity index (χ0) is 23.3. The maximum atomic E-state index is 12.7. The minimum atomic E-state index is -0.418. The third-order valence-electron chi connectivity index (χ3n) is 6.46. The van der Waals surface area contributed by atoms with Gasteiger partial charge in [-0.3, -0.25) is 14.6 Å². The number of rotatable bonds is 9. The number of benzene rings is 2. The van der Waals surface area contributed by atoms with Crippen molar-refractivity contribution in [1.82, 2.24) is 15.6 Å². The fraction of sp³-hybridized carbons (Fsp3) is 0.370. The van der Waals surface area contributed by atoms with E-state index in [2.05, 4.69) is 33.8 Å². The first-order valence-electron chi connectivity index (χ1n) is 11.5. The van der Waals surface area contributed by atoms with Gasteiger partial charge in [0.1, 0.15) is 5.75 Å². The van der Waals surface area contributed by atoms with Gasteiger partial charge < -0.3 is 15.4 Å². The maximum Gasteiger partial charge on any atom is 0.220 e. The molecule has 33 heavy (non-hydrogen) atoms. The fourth-order valence-corrected chi connectivity index (χ4v) is 4.84. The largest absolute Gasteiger partial charge is 0.496 e. The number of hydrogen-bond acceptors (Lipinski definition) is 4. The molecule has 6 nitrogen and oxygen atoms in total. The van der Waals surface area contributed by atoms with E-state index in [4.69, 9.17) is 4.74 Å². The standard InChI is InChI=1S/C27H31N3O3/c1-19(16-20-6-5-15-28-18-20)29-25(31)11-13-27(14-12-26(32)30-27)17-21-9-10-24(33-2)23-8-4-3-7-22(21)23/h3-10,15,18-19H,11-14,16-17H2,1-2H3,(H,29,31)(H,30,32)/t19-,27+/m1/s1. The Morgan fingerprint density at radius 1 is 1.18 bits per heavy atom. The van der Waals surface area contributed by atoms with Gasteiger partial charge in [0, 0.05) is 42.2 Å². The number of hydrogen-bond donors (Lipinski definition) is 2. The Kier molecular flexibility index (Phi) is 6.92. The molecule has 6 heteroatoms. The van der Waals surface area contributed by atoms with Crippen LogP contribution in [-0.4, -0.2) is 35.5 Å². The number of nitrogens with zero attached hydrogens (tertiary/aromatic N) is 1. The normalized spacial score (nSPS) is 18.7. The molecular formula is C27H31N3O3. The van der Waals surface area contributed by atoms with Crippen molar-refractivity contribution in [2.75, 3.05) is 7.11 Å². The third-order valence-corrected chi connectivity index (χ3v) is 6.46. The first kappa shape index (κ1) is 22.8. The van der Waals surface area contributed by atoms with Crippen LogP contribution >= 0.6 is 0 Å². The molecule has 2 amide bonds. The molecule has 172 valence electrons. The van der Waals surface area contributed by atoms with Crippen molar-refractivity contribution < 1.29 is 14.3 Å². The summed E-state index contributed by atoms with van der Waals surface area (Å²) in [7, 11) is 1.67. The number of pyridine rings is 1. The molecule has 0 saturated carbocycles. The first-order valence-corrected chi connectivity index (χ1v) is 11.5. The summed E-state index contributed by atoms with van der Waals surface area (Å²) in [6.45, 7) is 2.00. The number of fused-ring (bicyclic) bond motifs is 1. The third kappa shape index (κ3) is 5.51. The van der Waals surface area contributed by atoms with Crippen molar-refractivity contribution in [3.05, 3.63) is 72.1 Å². The minimum absolute atomic E-state index is 0.00602. The van der Waals surface area contributed by atoms with Crippen molar-refractivity contribution in [3.8, 4) is 5.75 Å². The van der Waals surface area contributed by atoms with E-state index >= 15 is 0 Å². The molecule has 0 radical (unpaired) electrons. The van der Waals surface area contributed by atoms with Gasteiger partial charge in [-0.05, 0) is 61.3 Å². The van der Waals surface area contributed by atoms with Gasteiger partial charge in [-0.1, -0.05) is 36.4 Å². The van der Waals surface area contributed by atoms with Gasteiger partial charge in [-0.2, -0.15) is 0 Å². The van der Waals surface area contributed by atoms with Crippen LogP contribution < -0.4 is 15.4 Å². The van der Waals surface area contributed by atoms with Crippen LogP contribution in [0.15, 0.2) is 60.9 Å². The van der Waals surface area contributed by atoms with E-state index in [1.807, 2.05) is 43.5 Å². The molecular weight excluding hydrogens is 414 g/mol. The molecule has 4 rings (SSSR count). The lowest BCUT2D eigenvalue weighted by Gasteiger charge is -2.30. The number of ether oxygens (including phenoxy) is 1. The van der Waals surface area contributed by atoms with Crippen LogP contribution in [0.5, 0.6) is 5.75 Å². The first-order chi connectivity index (χ1) is 16.0. The molecule has 0 aliphatic carbocycles. The Morgan fingerprint density at radius 2 is 2.00 bits per heavy atom. The molecule has 2 N–H and O–H groups in total. The van der Waals surface area contributed by atoms with Crippen molar-refractivity contribution in [1.29, 1.82) is 0 Å². The molecule has 1 fully saturated rings. The molecule has 0 unspecified atom stereocenters. The molecule has 1 aliphatic rings. The van der Waals surface area contributed by atoms with E-state index in [0.717, 1.165) is 40.5 Å². The SMILES string of the molecule is COc1ccc(C[C@]2(CCC(=O)N[C@H](C)Cc3cccnc3)CCC(=O)N2)c2ccccc12. The second-order valence-electron chi connectivity index (χ2n) is 9.01. The summed E-state index contributed by atoms with van der Waals surface area (Å²) in [4.78, 5) is 29.1. The lowest BCUT2D eigenvalue weighted by molar-refractivity contribution is -0.123. The van der Waals surface area contributed by atoms with Crippen molar-refractivity contribution in [2.45, 2.75) is 57.0 Å². The Bertz CT molecular complexity index is 1130. The van der Waals surface area contributed by atoms with Crippen LogP contribution in [0.2, 0.25) is 0 Å². The van der Waals surface area contributed by atoms with Crippen LogP contribution in [0.25, 0.3) is 10.8 Å². The maximum absolute atomic E-state index is 12.7. The van der Waals surface area contributed by atoms with Gasteiger partial charge in [-0.25, -0.2) is 0 Å². The summed E-state index contributed by atoms with van der Waals surface area (Å²) >= 11 is 0. The average molecular weight is 446 g/mol. The highest BCUT2D eigenvalue weighted by atomic mass is 16.5. The van der Waals surface area contributed by atoms with Gasteiger partial charge >= 0.3 is 0 Å². The summed E-state index contributed by atoms with van der Waals surface area (Å²) in [5, 5.41) is 8.46. The average Bonchev–Trinajstić information content (AvgIpc) is 3.19. The smallest absolute Gasteiger partial charge is 0.220 e. The summed E-state index contributed by atoms with van der Waals surface area (Å²) in [6, 6.07) is 16.1. The Morgan fingerprint density at radius 3 is 2.70 bits per heavy atom. The zero-order valence-electron chi connectivity index (χ0n) is 19.3. The molecule has 1 saturated heterocycles. The lowest BCUT2D eigenvalue weighted by atomic mass is 9.83. The Labute approximate surface area is 194 Å². The Balaban J connectivity index is 1.45. The summed E-state index contributed by atoms with van der Waals surface area (Å²) < 4.78 is 5.53. The number of nitrogens with one attached hydrogen (secondary N) is 2. The predicted octanol–water partition coefficient (Wildman–Crippen LogP) is 3.96.